The zero-order chi connectivity index (χ0) is 16.8. The third kappa shape index (κ3) is 4.43. The third-order valence-corrected chi connectivity index (χ3v) is 4.29. The summed E-state index contributed by atoms with van der Waals surface area (Å²) in [6, 6.07) is 15.0. The summed E-state index contributed by atoms with van der Waals surface area (Å²) >= 11 is 7.42. The lowest BCUT2D eigenvalue weighted by Crippen LogP contribution is -2.00. The Balaban J connectivity index is 1.47. The molecule has 0 saturated carbocycles. The van der Waals surface area contributed by atoms with Gasteiger partial charge in [0.05, 0.1) is 13.7 Å². The van der Waals surface area contributed by atoms with Gasteiger partial charge in [0.25, 0.3) is 0 Å². The maximum atomic E-state index is 5.89. The van der Waals surface area contributed by atoms with E-state index in [1.807, 2.05) is 48.5 Å². The van der Waals surface area contributed by atoms with Crippen LogP contribution < -0.4 is 9.47 Å². The van der Waals surface area contributed by atoms with Crippen LogP contribution in [-0.4, -0.2) is 34.7 Å². The molecule has 0 spiro atoms. The van der Waals surface area contributed by atoms with Crippen molar-refractivity contribution in [3.05, 3.63) is 53.6 Å². The number of hydrogen-bond acceptors (Lipinski definition) is 5. The Hall–Kier alpha value is -2.18. The van der Waals surface area contributed by atoms with Crippen LogP contribution in [0.3, 0.4) is 0 Å². The highest BCUT2D eigenvalue weighted by atomic mass is 35.5. The number of rotatable bonds is 7. The van der Waals surface area contributed by atoms with Crippen LogP contribution in [0, 0.1) is 0 Å². The molecule has 2 aromatic carbocycles. The van der Waals surface area contributed by atoms with Crippen molar-refractivity contribution in [2.45, 2.75) is 5.16 Å². The van der Waals surface area contributed by atoms with Crippen LogP contribution in [-0.2, 0) is 0 Å². The molecule has 0 saturated heterocycles. The zero-order valence-electron chi connectivity index (χ0n) is 13.0. The van der Waals surface area contributed by atoms with Crippen molar-refractivity contribution in [2.24, 2.45) is 0 Å². The fraction of sp³-hybridized carbons (Fsp3) is 0.176. The Kier molecular flexibility index (Phi) is 5.61. The van der Waals surface area contributed by atoms with Gasteiger partial charge < -0.3 is 9.47 Å². The molecular weight excluding hydrogens is 346 g/mol. The van der Waals surface area contributed by atoms with Crippen LogP contribution in [0.4, 0.5) is 0 Å². The van der Waals surface area contributed by atoms with Gasteiger partial charge >= 0.3 is 0 Å². The lowest BCUT2D eigenvalue weighted by molar-refractivity contribution is 0.342. The maximum absolute atomic E-state index is 5.89. The van der Waals surface area contributed by atoms with Crippen molar-refractivity contribution >= 4 is 23.4 Å². The standard InChI is InChI=1S/C17H16ClN3O2S/c1-22-14-6-8-15(9-7-14)23-10-11-24-17-19-16(20-21-17)12-2-4-13(18)5-3-12/h2-9H,10-11H2,1H3,(H,19,20,21). The molecule has 3 rings (SSSR count). The molecule has 0 radical (unpaired) electrons. The maximum Gasteiger partial charge on any atom is 0.208 e. The van der Waals surface area contributed by atoms with E-state index in [4.69, 9.17) is 21.1 Å². The molecule has 7 heteroatoms. The molecule has 5 nitrogen and oxygen atoms in total. The predicted octanol–water partition coefficient (Wildman–Crippen LogP) is 4.30. The molecule has 3 aromatic rings. The van der Waals surface area contributed by atoms with Gasteiger partial charge in [-0.3, -0.25) is 5.10 Å². The van der Waals surface area contributed by atoms with E-state index in [1.54, 1.807) is 7.11 Å². The number of H-pyrrole nitrogens is 1. The first-order valence-corrected chi connectivity index (χ1v) is 8.69. The third-order valence-electron chi connectivity index (χ3n) is 3.23. The summed E-state index contributed by atoms with van der Waals surface area (Å²) in [5, 5.41) is 8.53. The summed E-state index contributed by atoms with van der Waals surface area (Å²) in [5.74, 6) is 3.11. The molecule has 0 bridgehead atoms. The number of aromatic nitrogens is 3. The lowest BCUT2D eigenvalue weighted by Gasteiger charge is -2.05. The van der Waals surface area contributed by atoms with Crippen LogP contribution in [0.1, 0.15) is 0 Å². The van der Waals surface area contributed by atoms with E-state index in [1.165, 1.54) is 11.8 Å². The number of nitrogens with one attached hydrogen (secondary N) is 1. The summed E-state index contributed by atoms with van der Waals surface area (Å²) in [5.41, 5.74) is 0.952. The molecule has 1 N–H and O–H groups in total. The van der Waals surface area contributed by atoms with E-state index in [0.717, 1.165) is 28.6 Å². The van der Waals surface area contributed by atoms with E-state index in [0.29, 0.717) is 16.8 Å². The smallest absolute Gasteiger partial charge is 0.208 e. The molecule has 24 heavy (non-hydrogen) atoms. The van der Waals surface area contributed by atoms with Crippen LogP contribution in [0.2, 0.25) is 5.02 Å². The van der Waals surface area contributed by atoms with Crippen molar-refractivity contribution < 1.29 is 9.47 Å². The minimum atomic E-state index is 0.571. The molecule has 0 aliphatic rings. The molecule has 0 aliphatic carbocycles. The average Bonchev–Trinajstić information content (AvgIpc) is 3.09. The van der Waals surface area contributed by atoms with Gasteiger partial charge in [-0.2, -0.15) is 0 Å². The molecule has 124 valence electrons. The number of methoxy groups -OCH3 is 1. The van der Waals surface area contributed by atoms with Gasteiger partial charge in [-0.1, -0.05) is 23.4 Å². The highest BCUT2D eigenvalue weighted by Crippen LogP contribution is 2.21. The summed E-state index contributed by atoms with van der Waals surface area (Å²) in [7, 11) is 1.64. The second kappa shape index (κ2) is 8.08. The lowest BCUT2D eigenvalue weighted by atomic mass is 10.2. The SMILES string of the molecule is COc1ccc(OCCSc2n[nH]c(-c3ccc(Cl)cc3)n2)cc1. The molecule has 1 heterocycles. The molecule has 0 atom stereocenters. The van der Waals surface area contributed by atoms with Crippen molar-refractivity contribution in [3.8, 4) is 22.9 Å². The van der Waals surface area contributed by atoms with E-state index < -0.39 is 0 Å². The number of nitrogens with zero attached hydrogens (tertiary/aromatic N) is 2. The number of hydrogen-bond donors (Lipinski definition) is 1. The van der Waals surface area contributed by atoms with Crippen LogP contribution in [0.15, 0.2) is 53.7 Å². The minimum Gasteiger partial charge on any atom is -0.497 e. The fourth-order valence-electron chi connectivity index (χ4n) is 2.01. The van der Waals surface area contributed by atoms with Gasteiger partial charge in [0.2, 0.25) is 5.16 Å². The van der Waals surface area contributed by atoms with Crippen molar-refractivity contribution in [1.82, 2.24) is 15.2 Å². The van der Waals surface area contributed by atoms with Crippen molar-refractivity contribution in [3.63, 3.8) is 0 Å². The van der Waals surface area contributed by atoms with Gasteiger partial charge in [-0.25, -0.2) is 4.98 Å². The highest BCUT2D eigenvalue weighted by Gasteiger charge is 2.06. The molecule has 0 amide bonds. The largest absolute Gasteiger partial charge is 0.497 e. The summed E-state index contributed by atoms with van der Waals surface area (Å²) in [4.78, 5) is 4.46. The van der Waals surface area contributed by atoms with Gasteiger partial charge in [0.15, 0.2) is 5.82 Å². The second-order valence-electron chi connectivity index (χ2n) is 4.85. The minimum absolute atomic E-state index is 0.571. The van der Waals surface area contributed by atoms with Crippen LogP contribution in [0.25, 0.3) is 11.4 Å². The molecule has 0 aliphatic heterocycles. The highest BCUT2D eigenvalue weighted by molar-refractivity contribution is 7.99. The first kappa shape index (κ1) is 16.7. The summed E-state index contributed by atoms with van der Waals surface area (Å²) in [6.07, 6.45) is 0. The first-order chi connectivity index (χ1) is 11.7. The van der Waals surface area contributed by atoms with E-state index >= 15 is 0 Å². The average molecular weight is 362 g/mol. The fourth-order valence-corrected chi connectivity index (χ4v) is 2.75. The van der Waals surface area contributed by atoms with Crippen LogP contribution in [0.5, 0.6) is 11.5 Å². The Morgan fingerprint density at radius 2 is 1.75 bits per heavy atom. The molecule has 0 unspecified atom stereocenters. The Bertz CT molecular complexity index is 775. The molecular formula is C17H16ClN3O2S. The Morgan fingerprint density at radius 3 is 2.46 bits per heavy atom. The van der Waals surface area contributed by atoms with Gasteiger partial charge in [-0.15, -0.1) is 5.10 Å². The number of halogens is 1. The number of thioether (sulfide) groups is 1. The topological polar surface area (TPSA) is 60.0 Å². The monoisotopic (exact) mass is 361 g/mol. The second-order valence-corrected chi connectivity index (χ2v) is 6.34. The van der Waals surface area contributed by atoms with Crippen molar-refractivity contribution in [2.75, 3.05) is 19.5 Å². The number of aromatic amines is 1. The Morgan fingerprint density at radius 1 is 1.04 bits per heavy atom. The molecule has 0 fully saturated rings. The van der Waals surface area contributed by atoms with E-state index in [9.17, 15) is 0 Å². The summed E-state index contributed by atoms with van der Waals surface area (Å²) < 4.78 is 10.8. The zero-order valence-corrected chi connectivity index (χ0v) is 14.6. The Labute approximate surface area is 149 Å². The van der Waals surface area contributed by atoms with E-state index in [2.05, 4.69) is 15.2 Å². The number of benzene rings is 2. The quantitative estimate of drug-likeness (QED) is 0.502. The normalized spacial score (nSPS) is 10.6. The molecule has 1 aromatic heterocycles. The predicted molar refractivity (Wildman–Crippen MR) is 96.0 cm³/mol. The van der Waals surface area contributed by atoms with Crippen molar-refractivity contribution in [1.29, 1.82) is 0 Å². The summed E-state index contributed by atoms with van der Waals surface area (Å²) in [6.45, 7) is 0.571. The number of ether oxygens (including phenoxy) is 2. The van der Waals surface area contributed by atoms with E-state index in [-0.39, 0.29) is 0 Å². The first-order valence-electron chi connectivity index (χ1n) is 7.32. The van der Waals surface area contributed by atoms with Crippen LogP contribution >= 0.6 is 23.4 Å². The van der Waals surface area contributed by atoms with Gasteiger partial charge in [0, 0.05) is 16.3 Å². The van der Waals surface area contributed by atoms with Gasteiger partial charge in [0.1, 0.15) is 11.5 Å². The van der Waals surface area contributed by atoms with Gasteiger partial charge in [-0.05, 0) is 48.5 Å².